The summed E-state index contributed by atoms with van der Waals surface area (Å²) in [6, 6.07) is 7.86. The molecule has 2 aromatic rings. The van der Waals surface area contributed by atoms with Crippen LogP contribution in [0.4, 0.5) is 11.6 Å². The molecule has 7 heteroatoms. The van der Waals surface area contributed by atoms with Crippen molar-refractivity contribution in [3.8, 4) is 0 Å². The zero-order valence-corrected chi connectivity index (χ0v) is 14.9. The quantitative estimate of drug-likeness (QED) is 0.862. The van der Waals surface area contributed by atoms with Gasteiger partial charge in [-0.15, -0.1) is 0 Å². The molecule has 1 amide bonds. The minimum Gasteiger partial charge on any atom is -0.388 e. The minimum atomic E-state index is -1.10. The highest BCUT2D eigenvalue weighted by Crippen LogP contribution is 2.34. The van der Waals surface area contributed by atoms with Gasteiger partial charge < -0.3 is 20.6 Å². The number of primary amides is 1. The van der Waals surface area contributed by atoms with Gasteiger partial charge in [0.1, 0.15) is 0 Å². The third-order valence-electron chi connectivity index (χ3n) is 5.30. The first-order chi connectivity index (χ1) is 12.5. The molecule has 0 spiro atoms. The second-order valence-electron chi connectivity index (χ2n) is 7.45. The van der Waals surface area contributed by atoms with E-state index in [1.54, 1.807) is 0 Å². The van der Waals surface area contributed by atoms with Crippen molar-refractivity contribution in [3.63, 3.8) is 0 Å². The molecule has 3 heterocycles. The highest BCUT2D eigenvalue weighted by molar-refractivity contribution is 5.81. The first-order valence-electron chi connectivity index (χ1n) is 9.31. The Kier molecular flexibility index (Phi) is 4.40. The van der Waals surface area contributed by atoms with E-state index < -0.39 is 11.5 Å². The Balaban J connectivity index is 1.74. The molecule has 3 N–H and O–H groups in total. The number of aliphatic hydroxyl groups is 1. The maximum absolute atomic E-state index is 11.4. The molecule has 4 rings (SSSR count). The predicted octanol–water partition coefficient (Wildman–Crippen LogP) is 1.44. The number of hydrogen-bond donors (Lipinski definition) is 2. The molecular weight excluding hydrogens is 330 g/mol. The number of rotatable bonds is 4. The number of fused-ring (bicyclic) bond motifs is 1. The molecule has 0 radical (unpaired) electrons. The summed E-state index contributed by atoms with van der Waals surface area (Å²) < 4.78 is 0. The van der Waals surface area contributed by atoms with Gasteiger partial charge >= 0.3 is 0 Å². The highest BCUT2D eigenvalue weighted by atomic mass is 16.3. The van der Waals surface area contributed by atoms with E-state index in [2.05, 4.69) is 9.80 Å². The smallest absolute Gasteiger partial charge is 0.220 e. The summed E-state index contributed by atoms with van der Waals surface area (Å²) in [5, 5.41) is 10.8. The van der Waals surface area contributed by atoms with Gasteiger partial charge in [0.05, 0.1) is 23.1 Å². The van der Waals surface area contributed by atoms with Crippen molar-refractivity contribution in [2.45, 2.75) is 37.7 Å². The van der Waals surface area contributed by atoms with Crippen LogP contribution < -0.4 is 15.5 Å². The summed E-state index contributed by atoms with van der Waals surface area (Å²) in [4.78, 5) is 25.5. The molecule has 1 aromatic carbocycles. The number of β-amino-alcohol motifs (C(OH)–C–C–N with tert-alkyl or cyclic N) is 1. The Morgan fingerprint density at radius 3 is 2.23 bits per heavy atom. The fourth-order valence-corrected chi connectivity index (χ4v) is 4.10. The van der Waals surface area contributed by atoms with Crippen molar-refractivity contribution in [2.24, 2.45) is 5.73 Å². The Morgan fingerprint density at radius 2 is 1.62 bits per heavy atom. The van der Waals surface area contributed by atoms with E-state index in [1.165, 1.54) is 0 Å². The van der Waals surface area contributed by atoms with Gasteiger partial charge in [0, 0.05) is 26.2 Å². The van der Waals surface area contributed by atoms with Crippen LogP contribution in [0.15, 0.2) is 24.3 Å². The van der Waals surface area contributed by atoms with Crippen molar-refractivity contribution in [1.82, 2.24) is 9.97 Å². The zero-order valence-electron chi connectivity index (χ0n) is 14.9. The zero-order chi connectivity index (χ0) is 18.1. The summed E-state index contributed by atoms with van der Waals surface area (Å²) in [7, 11) is 0. The number of nitrogens with zero attached hydrogens (tertiary/aromatic N) is 4. The van der Waals surface area contributed by atoms with E-state index >= 15 is 0 Å². The number of piperidine rings is 1. The molecule has 138 valence electrons. The van der Waals surface area contributed by atoms with Gasteiger partial charge in [-0.3, -0.25) is 4.79 Å². The molecule has 0 saturated carbocycles. The summed E-state index contributed by atoms with van der Waals surface area (Å²) in [5.74, 6) is 1.21. The molecule has 2 saturated heterocycles. The van der Waals surface area contributed by atoms with Crippen molar-refractivity contribution in [3.05, 3.63) is 24.3 Å². The van der Waals surface area contributed by atoms with Gasteiger partial charge in [-0.2, -0.15) is 0 Å². The van der Waals surface area contributed by atoms with E-state index in [1.807, 2.05) is 24.3 Å². The third-order valence-corrected chi connectivity index (χ3v) is 5.30. The molecule has 26 heavy (non-hydrogen) atoms. The number of carbonyl (C=O) groups is 1. The van der Waals surface area contributed by atoms with Crippen LogP contribution in [0.3, 0.4) is 0 Å². The SMILES string of the molecule is NC(=O)CC1(O)CCCN(c2nc3ccccc3nc2N2CCCC2)C1. The lowest BCUT2D eigenvalue weighted by atomic mass is 9.89. The first-order valence-corrected chi connectivity index (χ1v) is 9.31. The van der Waals surface area contributed by atoms with Gasteiger partial charge in [0.25, 0.3) is 0 Å². The number of amides is 1. The second kappa shape index (κ2) is 6.72. The summed E-state index contributed by atoms with van der Waals surface area (Å²) in [6.07, 6.45) is 3.65. The molecule has 2 aliphatic rings. The van der Waals surface area contributed by atoms with E-state index in [4.69, 9.17) is 15.7 Å². The Bertz CT molecular complexity index is 821. The number of aromatic nitrogens is 2. The standard InChI is InChI=1S/C19H25N5O2/c20-16(25)12-19(26)8-5-11-24(13-19)18-17(23-9-3-4-10-23)21-14-6-1-2-7-15(14)22-18/h1-2,6-7,26H,3-5,8-13H2,(H2,20,25). The van der Waals surface area contributed by atoms with Crippen LogP contribution in [-0.2, 0) is 4.79 Å². The van der Waals surface area contributed by atoms with Crippen LogP contribution in [0.5, 0.6) is 0 Å². The van der Waals surface area contributed by atoms with Gasteiger partial charge in [-0.25, -0.2) is 9.97 Å². The largest absolute Gasteiger partial charge is 0.388 e. The van der Waals surface area contributed by atoms with Crippen LogP contribution in [0.2, 0.25) is 0 Å². The number of benzene rings is 1. The lowest BCUT2D eigenvalue weighted by molar-refractivity contribution is -0.123. The van der Waals surface area contributed by atoms with Crippen molar-refractivity contribution < 1.29 is 9.90 Å². The lowest BCUT2D eigenvalue weighted by Gasteiger charge is -2.40. The Morgan fingerprint density at radius 1 is 1.04 bits per heavy atom. The van der Waals surface area contributed by atoms with Gasteiger partial charge in [0.2, 0.25) is 5.91 Å². The molecule has 0 aliphatic carbocycles. The molecule has 1 atom stereocenters. The maximum atomic E-state index is 11.4. The van der Waals surface area contributed by atoms with Crippen molar-refractivity contribution in [1.29, 1.82) is 0 Å². The molecular formula is C19H25N5O2. The van der Waals surface area contributed by atoms with Crippen LogP contribution >= 0.6 is 0 Å². The summed E-state index contributed by atoms with van der Waals surface area (Å²) >= 11 is 0. The number of nitrogens with two attached hydrogens (primary N) is 1. The van der Waals surface area contributed by atoms with E-state index in [0.717, 1.165) is 61.6 Å². The van der Waals surface area contributed by atoms with Crippen LogP contribution in [0.1, 0.15) is 32.1 Å². The fourth-order valence-electron chi connectivity index (χ4n) is 4.10. The topological polar surface area (TPSA) is 95.6 Å². The summed E-state index contributed by atoms with van der Waals surface area (Å²) in [5.41, 5.74) is 5.96. The van der Waals surface area contributed by atoms with Gasteiger partial charge in [-0.05, 0) is 37.8 Å². The van der Waals surface area contributed by atoms with E-state index in [9.17, 15) is 9.90 Å². The molecule has 7 nitrogen and oxygen atoms in total. The van der Waals surface area contributed by atoms with Crippen LogP contribution in [-0.4, -0.2) is 52.8 Å². The lowest BCUT2D eigenvalue weighted by Crippen LogP contribution is -2.50. The normalized spacial score (nSPS) is 23.6. The first kappa shape index (κ1) is 17.0. The molecule has 2 aliphatic heterocycles. The number of para-hydroxylation sites is 2. The highest BCUT2D eigenvalue weighted by Gasteiger charge is 2.37. The van der Waals surface area contributed by atoms with Gasteiger partial charge in [-0.1, -0.05) is 12.1 Å². The van der Waals surface area contributed by atoms with Gasteiger partial charge in [0.15, 0.2) is 11.6 Å². The minimum absolute atomic E-state index is 0.0242. The molecule has 0 bridgehead atoms. The van der Waals surface area contributed by atoms with E-state index in [0.29, 0.717) is 13.0 Å². The third kappa shape index (κ3) is 3.31. The van der Waals surface area contributed by atoms with Crippen LogP contribution in [0, 0.1) is 0 Å². The fraction of sp³-hybridized carbons (Fsp3) is 0.526. The molecule has 1 aromatic heterocycles. The monoisotopic (exact) mass is 355 g/mol. The summed E-state index contributed by atoms with van der Waals surface area (Å²) in [6.45, 7) is 3.08. The van der Waals surface area contributed by atoms with Crippen molar-refractivity contribution >= 4 is 28.6 Å². The molecule has 2 fully saturated rings. The number of hydrogen-bond acceptors (Lipinski definition) is 6. The van der Waals surface area contributed by atoms with E-state index in [-0.39, 0.29) is 6.42 Å². The Hall–Kier alpha value is -2.41. The number of anilines is 2. The average Bonchev–Trinajstić information content (AvgIpc) is 3.14. The van der Waals surface area contributed by atoms with Crippen LogP contribution in [0.25, 0.3) is 11.0 Å². The second-order valence-corrected chi connectivity index (χ2v) is 7.45. The maximum Gasteiger partial charge on any atom is 0.220 e. The Labute approximate surface area is 152 Å². The van der Waals surface area contributed by atoms with Crippen molar-refractivity contribution in [2.75, 3.05) is 36.0 Å². The number of carbonyl (C=O) groups excluding carboxylic acids is 1. The predicted molar refractivity (Wildman–Crippen MR) is 101 cm³/mol. The molecule has 1 unspecified atom stereocenters. The average molecular weight is 355 g/mol.